The molecule has 2 amide bonds. The van der Waals surface area contributed by atoms with Crippen LogP contribution in [0.2, 0.25) is 5.02 Å². The zero-order chi connectivity index (χ0) is 30.2. The number of fused-ring (bicyclic) bond motifs is 9. The van der Waals surface area contributed by atoms with Crippen LogP contribution < -0.4 is 9.61 Å². The molecular weight excluding hydrogens is 618 g/mol. The molecule has 4 aliphatic rings. The number of aliphatic carboxylic acids is 1. The van der Waals surface area contributed by atoms with Crippen LogP contribution >= 0.6 is 34.7 Å². The van der Waals surface area contributed by atoms with E-state index in [1.54, 1.807) is 18.2 Å². The third-order valence-corrected chi connectivity index (χ3v) is 12.2. The number of non-ortho nitro benzene ring substituents is 1. The van der Waals surface area contributed by atoms with E-state index in [4.69, 9.17) is 21.4 Å². The summed E-state index contributed by atoms with van der Waals surface area (Å²) < 4.78 is 6.26. The quantitative estimate of drug-likeness (QED) is 0.205. The van der Waals surface area contributed by atoms with Crippen LogP contribution in [0.4, 0.5) is 5.69 Å². The van der Waals surface area contributed by atoms with Crippen molar-refractivity contribution in [3.8, 4) is 5.75 Å². The van der Waals surface area contributed by atoms with Gasteiger partial charge >= 0.3 is 10.8 Å². The lowest BCUT2D eigenvalue weighted by Crippen LogP contribution is -2.42. The minimum absolute atomic E-state index is 0.110. The lowest BCUT2D eigenvalue weighted by atomic mass is 9.68. The number of H-pyrrole nitrogens is 1. The van der Waals surface area contributed by atoms with Crippen LogP contribution in [0, 0.1) is 39.7 Å². The molecule has 2 aliphatic heterocycles. The highest BCUT2D eigenvalue weighted by atomic mass is 35.5. The summed E-state index contributed by atoms with van der Waals surface area (Å²) in [7, 11) is 0. The number of hydrogen-bond donors (Lipinski definition) is 2. The van der Waals surface area contributed by atoms with Gasteiger partial charge in [0.25, 0.3) is 5.69 Å². The highest BCUT2D eigenvalue weighted by molar-refractivity contribution is 8.00. The predicted octanol–water partition coefficient (Wildman–Crippen LogP) is 4.53. The molecule has 0 unspecified atom stereocenters. The van der Waals surface area contributed by atoms with Gasteiger partial charge in [-0.3, -0.25) is 34.2 Å². The summed E-state index contributed by atoms with van der Waals surface area (Å²) >= 11 is 8.89. The first-order valence-electron chi connectivity index (χ1n) is 13.7. The number of ether oxygens (including phenoxy) is 1. The van der Waals surface area contributed by atoms with Gasteiger partial charge in [0.2, 0.25) is 11.8 Å². The Morgan fingerprint density at radius 2 is 1.88 bits per heavy atom. The van der Waals surface area contributed by atoms with Gasteiger partial charge in [-0.05, 0) is 36.3 Å². The summed E-state index contributed by atoms with van der Waals surface area (Å²) in [4.78, 5) is 66.8. The van der Waals surface area contributed by atoms with Gasteiger partial charge in [-0.15, -0.1) is 11.8 Å². The molecule has 7 rings (SSSR count). The summed E-state index contributed by atoms with van der Waals surface area (Å²) in [5.41, 5.74) is 1.14. The van der Waals surface area contributed by atoms with Gasteiger partial charge in [0.1, 0.15) is 12.4 Å². The molecule has 3 fully saturated rings. The molecule has 1 aromatic heterocycles. The Morgan fingerprint density at radius 1 is 1.14 bits per heavy atom. The first-order valence-corrected chi connectivity index (χ1v) is 15.8. The number of carbonyl (C=O) groups is 3. The molecule has 3 aromatic rings. The number of nitro benzene ring substituents is 1. The minimum atomic E-state index is -1.09. The van der Waals surface area contributed by atoms with E-state index in [0.717, 1.165) is 26.7 Å². The zero-order valence-electron chi connectivity index (χ0n) is 22.3. The lowest BCUT2D eigenvalue weighted by molar-refractivity contribution is -0.385. The summed E-state index contributed by atoms with van der Waals surface area (Å²) in [6.07, 6.45) is 0.303. The number of likely N-dealkylation sites (tertiary alicyclic amines) is 1. The molecule has 2 bridgehead atoms. The Hall–Kier alpha value is -3.68. The number of carboxylic acid groups (broad SMARTS) is 1. The number of nitrogens with zero attached hydrogens (tertiary/aromatic N) is 2. The molecule has 2 saturated carbocycles. The fourth-order valence-corrected chi connectivity index (χ4v) is 10.7. The second-order valence-corrected chi connectivity index (χ2v) is 13.9. The number of rotatable bonds is 8. The molecule has 14 heteroatoms. The fourth-order valence-electron chi connectivity index (χ4n) is 7.65. The topological polar surface area (TPSA) is 160 Å². The van der Waals surface area contributed by atoms with Gasteiger partial charge in [-0.2, -0.15) is 0 Å². The molecule has 43 heavy (non-hydrogen) atoms. The number of hydrogen-bond acceptors (Lipinski definition) is 9. The smallest absolute Gasteiger partial charge is 0.305 e. The van der Waals surface area contributed by atoms with E-state index in [-0.39, 0.29) is 65.0 Å². The number of carbonyl (C=O) groups excluding carboxylic acids is 2. The number of aromatic amines is 1. The van der Waals surface area contributed by atoms with Crippen molar-refractivity contribution in [1.29, 1.82) is 0 Å². The maximum atomic E-state index is 13.6. The van der Waals surface area contributed by atoms with Crippen LogP contribution in [0.3, 0.4) is 0 Å². The molecule has 2 aromatic carbocycles. The number of halogens is 1. The summed E-state index contributed by atoms with van der Waals surface area (Å²) in [5.74, 6) is -3.62. The van der Waals surface area contributed by atoms with E-state index in [0.29, 0.717) is 27.8 Å². The SMILES string of the molecule is O=C(O)CCN1C(=O)[C@@H]2[C@H]3C[C@@H]([C@@H]2C1=O)[C@@H]1[C@H](c2cc([N+](=O)[O-])ccc2OCc2ccccc2Cl)c2sc(=O)[nH]c2S[C@H]31. The molecule has 2 aliphatic carbocycles. The predicted molar refractivity (Wildman–Crippen MR) is 156 cm³/mol. The van der Waals surface area contributed by atoms with Crippen molar-refractivity contribution in [1.82, 2.24) is 9.88 Å². The third-order valence-electron chi connectivity index (χ3n) is 9.24. The number of thiazole rings is 1. The molecule has 1 saturated heterocycles. The van der Waals surface area contributed by atoms with E-state index in [2.05, 4.69) is 4.98 Å². The standard InChI is InChI=1S/C29H24ClN3O8S2/c30-17-4-2-1-3-12(17)11-41-18-6-5-13(33(39)40)9-14(18)20-21-15-10-16(24(21)42-26-25(20)43-29(38)31-26)23-22(15)27(36)32(28(23)37)8-7-19(34)35/h1-6,9,15-16,20-24H,7-8,10-11H2,(H,31,38)(H,34,35)/t15-,16-,20+,21-,22+,23-,24-/m1/s1. The molecule has 3 heterocycles. The van der Waals surface area contributed by atoms with Gasteiger partial charge in [0.15, 0.2) is 0 Å². The molecule has 11 nitrogen and oxygen atoms in total. The summed E-state index contributed by atoms with van der Waals surface area (Å²) in [6.45, 7) is -0.0600. The molecule has 0 spiro atoms. The summed E-state index contributed by atoms with van der Waals surface area (Å²) in [6, 6.07) is 11.6. The van der Waals surface area contributed by atoms with Crippen molar-refractivity contribution in [3.63, 3.8) is 0 Å². The molecular formula is C29H24ClN3O8S2. The lowest BCUT2D eigenvalue weighted by Gasteiger charge is -2.43. The second kappa shape index (κ2) is 10.5. The van der Waals surface area contributed by atoms with Crippen LogP contribution in [0.5, 0.6) is 5.75 Å². The average molecular weight is 642 g/mol. The number of imide groups is 1. The van der Waals surface area contributed by atoms with E-state index >= 15 is 0 Å². The largest absolute Gasteiger partial charge is 0.489 e. The summed E-state index contributed by atoms with van der Waals surface area (Å²) in [5, 5.41) is 22.1. The third kappa shape index (κ3) is 4.47. The molecule has 0 radical (unpaired) electrons. The minimum Gasteiger partial charge on any atom is -0.489 e. The van der Waals surface area contributed by atoms with Crippen molar-refractivity contribution in [2.45, 2.75) is 35.6 Å². The average Bonchev–Trinajstić information content (AvgIpc) is 3.70. The van der Waals surface area contributed by atoms with Gasteiger partial charge in [-0.25, -0.2) is 0 Å². The maximum absolute atomic E-state index is 13.6. The normalized spacial score (nSPS) is 28.5. The van der Waals surface area contributed by atoms with Crippen LogP contribution in [0.25, 0.3) is 0 Å². The van der Waals surface area contributed by atoms with E-state index in [9.17, 15) is 29.3 Å². The second-order valence-electron chi connectivity index (χ2n) is 11.3. The Labute approximate surface area is 257 Å². The van der Waals surface area contributed by atoms with Gasteiger partial charge in [0.05, 0.1) is 28.2 Å². The number of nitrogens with one attached hydrogen (secondary N) is 1. The van der Waals surface area contributed by atoms with Crippen molar-refractivity contribution in [2.24, 2.45) is 29.6 Å². The highest BCUT2D eigenvalue weighted by Crippen LogP contribution is 2.69. The van der Waals surface area contributed by atoms with Crippen molar-refractivity contribution < 1.29 is 29.2 Å². The van der Waals surface area contributed by atoms with Gasteiger partial charge in [-0.1, -0.05) is 41.1 Å². The fraction of sp³-hybridized carbons (Fsp3) is 0.379. The Kier molecular flexibility index (Phi) is 6.86. The van der Waals surface area contributed by atoms with Crippen molar-refractivity contribution in [2.75, 3.05) is 6.54 Å². The molecule has 222 valence electrons. The van der Waals surface area contributed by atoms with E-state index in [1.807, 2.05) is 12.1 Å². The zero-order valence-corrected chi connectivity index (χ0v) is 24.7. The number of aromatic nitrogens is 1. The highest BCUT2D eigenvalue weighted by Gasteiger charge is 2.69. The van der Waals surface area contributed by atoms with Gasteiger partial charge in [0, 0.05) is 50.9 Å². The number of carboxylic acids is 1. The van der Waals surface area contributed by atoms with E-state index < -0.39 is 28.6 Å². The van der Waals surface area contributed by atoms with Crippen LogP contribution in [0.15, 0.2) is 52.3 Å². The Bertz CT molecular complexity index is 1760. The maximum Gasteiger partial charge on any atom is 0.305 e. The van der Waals surface area contributed by atoms with Gasteiger partial charge < -0.3 is 14.8 Å². The Balaban J connectivity index is 1.31. The first kappa shape index (κ1) is 28.1. The number of nitro groups is 1. The molecule has 2 N–H and O–H groups in total. The number of benzene rings is 2. The first-order chi connectivity index (χ1) is 20.6. The van der Waals surface area contributed by atoms with Crippen LogP contribution in [-0.4, -0.2) is 49.5 Å². The Morgan fingerprint density at radius 3 is 2.60 bits per heavy atom. The molecule has 7 atom stereocenters. The van der Waals surface area contributed by atoms with E-state index in [1.165, 1.54) is 23.9 Å². The monoisotopic (exact) mass is 641 g/mol. The number of thioether (sulfide) groups is 1. The van der Waals surface area contributed by atoms with Crippen molar-refractivity contribution in [3.05, 3.63) is 83.3 Å². The van der Waals surface area contributed by atoms with Crippen molar-refractivity contribution >= 4 is 58.2 Å². The number of amides is 2. The van der Waals surface area contributed by atoms with Crippen LogP contribution in [-0.2, 0) is 21.0 Å². The van der Waals surface area contributed by atoms with Crippen LogP contribution in [0.1, 0.15) is 34.8 Å².